The number of hydrogen-bond donors (Lipinski definition) is 3. The highest BCUT2D eigenvalue weighted by molar-refractivity contribution is 5.77. The van der Waals surface area contributed by atoms with E-state index in [4.69, 9.17) is 4.74 Å². The third-order valence-electron chi connectivity index (χ3n) is 11.6. The van der Waals surface area contributed by atoms with Gasteiger partial charge in [0.2, 0.25) is 5.91 Å². The molecule has 0 spiro atoms. The van der Waals surface area contributed by atoms with Crippen molar-refractivity contribution < 1.29 is 24.5 Å². The van der Waals surface area contributed by atoms with Crippen LogP contribution < -0.4 is 5.32 Å². The van der Waals surface area contributed by atoms with Crippen molar-refractivity contribution in [3.63, 3.8) is 0 Å². The maximum atomic E-state index is 13.2. The maximum Gasteiger partial charge on any atom is 0.306 e. The van der Waals surface area contributed by atoms with Crippen molar-refractivity contribution in [2.24, 2.45) is 0 Å². The third-order valence-corrected chi connectivity index (χ3v) is 11.6. The monoisotopic (exact) mass is 842 g/mol. The summed E-state index contributed by atoms with van der Waals surface area (Å²) in [6, 6.07) is -0.708. The molecular weight excluding hydrogens is 743 g/mol. The van der Waals surface area contributed by atoms with Crippen molar-refractivity contribution in [1.82, 2.24) is 5.32 Å². The van der Waals surface area contributed by atoms with Gasteiger partial charge in [-0.25, -0.2) is 0 Å². The minimum atomic E-state index is -0.793. The molecule has 0 aliphatic carbocycles. The molecule has 0 fully saturated rings. The lowest BCUT2D eigenvalue weighted by molar-refractivity contribution is -0.151. The fraction of sp³-hybridized carbons (Fsp3) is 0.815. The van der Waals surface area contributed by atoms with Crippen LogP contribution in [0.4, 0.5) is 0 Å². The van der Waals surface area contributed by atoms with Crippen molar-refractivity contribution in [2.75, 3.05) is 6.61 Å². The number of nitrogens with one attached hydrogen (secondary N) is 1. The molecule has 1 amide bonds. The van der Waals surface area contributed by atoms with Gasteiger partial charge in [0.05, 0.1) is 25.2 Å². The molecule has 0 heterocycles. The Balaban J connectivity index is 4.63. The number of ether oxygens (including phenoxy) is 1. The zero-order valence-corrected chi connectivity index (χ0v) is 39.8. The number of amides is 1. The van der Waals surface area contributed by atoms with Crippen LogP contribution in [-0.4, -0.2) is 46.9 Å². The lowest BCUT2D eigenvalue weighted by atomic mass is 10.0. The van der Waals surface area contributed by atoms with Gasteiger partial charge in [-0.3, -0.25) is 9.59 Å². The van der Waals surface area contributed by atoms with E-state index in [0.717, 1.165) is 96.3 Å². The van der Waals surface area contributed by atoms with E-state index in [1.165, 1.54) is 116 Å². The zero-order valence-electron chi connectivity index (χ0n) is 39.8. The van der Waals surface area contributed by atoms with Crippen LogP contribution in [0.2, 0.25) is 0 Å². The van der Waals surface area contributed by atoms with Crippen molar-refractivity contribution in [2.45, 2.75) is 277 Å². The van der Waals surface area contributed by atoms with E-state index < -0.39 is 18.2 Å². The first-order valence-electron chi connectivity index (χ1n) is 25.9. The van der Waals surface area contributed by atoms with Gasteiger partial charge in [-0.15, -0.1) is 0 Å². The van der Waals surface area contributed by atoms with Crippen LogP contribution in [-0.2, 0) is 14.3 Å². The molecule has 0 aromatic rings. The summed E-state index contributed by atoms with van der Waals surface area (Å²) in [5.41, 5.74) is 0. The van der Waals surface area contributed by atoms with Gasteiger partial charge in [-0.1, -0.05) is 211 Å². The molecule has 0 aromatic carbocycles. The summed E-state index contributed by atoms with van der Waals surface area (Å²) in [6.45, 7) is 6.36. The van der Waals surface area contributed by atoms with Gasteiger partial charge in [0, 0.05) is 6.42 Å². The molecule has 3 atom stereocenters. The zero-order chi connectivity index (χ0) is 43.8. The van der Waals surface area contributed by atoms with Gasteiger partial charge in [-0.05, 0) is 83.5 Å². The number of aliphatic hydroxyl groups is 2. The molecule has 6 heteroatoms. The summed E-state index contributed by atoms with van der Waals surface area (Å²) in [6.07, 6.45) is 57.4. The minimum Gasteiger partial charge on any atom is -0.462 e. The lowest BCUT2D eigenvalue weighted by Gasteiger charge is -2.24. The Morgan fingerprint density at radius 2 is 0.900 bits per heavy atom. The summed E-state index contributed by atoms with van der Waals surface area (Å²) < 4.78 is 5.92. The van der Waals surface area contributed by atoms with Gasteiger partial charge in [-0.2, -0.15) is 0 Å². The average molecular weight is 842 g/mol. The van der Waals surface area contributed by atoms with Crippen molar-refractivity contribution in [1.29, 1.82) is 0 Å². The van der Waals surface area contributed by atoms with Crippen molar-refractivity contribution >= 4 is 11.9 Å². The number of carbonyl (C=O) groups excluding carboxylic acids is 2. The van der Waals surface area contributed by atoms with Gasteiger partial charge < -0.3 is 20.3 Å². The number of rotatable bonds is 46. The van der Waals surface area contributed by atoms with Gasteiger partial charge in [0.25, 0.3) is 0 Å². The summed E-state index contributed by atoms with van der Waals surface area (Å²) in [4.78, 5) is 26.1. The Morgan fingerprint density at radius 1 is 0.500 bits per heavy atom. The topological polar surface area (TPSA) is 95.9 Å². The standard InChI is InChI=1S/C54H99NO5/c1-4-7-10-13-16-19-22-25-27-28-30-33-36-39-42-45-50(60-54(59)47-44-41-38-35-32-29-26-23-20-17-14-11-8-5-2)48-53(58)55-51(49-56)52(57)46-43-40-37-34-31-24-21-18-15-12-9-6-3/h8,11,17,20,25-27,29,50-52,56-57H,4-7,9-10,12-16,18-19,21-24,28,30-49H2,1-3H3,(H,55,58)/b11-8+,20-17+,27-25+,29-26+. The summed E-state index contributed by atoms with van der Waals surface area (Å²) in [5, 5.41) is 23.8. The second kappa shape index (κ2) is 47.9. The van der Waals surface area contributed by atoms with Crippen molar-refractivity contribution in [3.05, 3.63) is 48.6 Å². The predicted octanol–water partition coefficient (Wildman–Crippen LogP) is 15.5. The Hall–Kier alpha value is -2.18. The molecule has 0 bridgehead atoms. The highest BCUT2D eigenvalue weighted by Gasteiger charge is 2.24. The van der Waals surface area contributed by atoms with Gasteiger partial charge in [0.15, 0.2) is 0 Å². The normalized spacial score (nSPS) is 13.6. The quantitative estimate of drug-likeness (QED) is 0.0322. The van der Waals surface area contributed by atoms with Gasteiger partial charge >= 0.3 is 5.97 Å². The Bertz CT molecular complexity index is 1040. The number of hydrogen-bond acceptors (Lipinski definition) is 5. The smallest absolute Gasteiger partial charge is 0.306 e. The third kappa shape index (κ3) is 42.5. The molecule has 0 aromatic heterocycles. The second-order valence-electron chi connectivity index (χ2n) is 17.5. The molecule has 0 aliphatic heterocycles. The molecule has 0 saturated carbocycles. The molecule has 350 valence electrons. The largest absolute Gasteiger partial charge is 0.462 e. The van der Waals surface area contributed by atoms with Crippen LogP contribution in [0.1, 0.15) is 258 Å². The maximum absolute atomic E-state index is 13.2. The summed E-state index contributed by atoms with van der Waals surface area (Å²) in [7, 11) is 0. The number of aliphatic hydroxyl groups excluding tert-OH is 2. The van der Waals surface area contributed by atoms with E-state index in [1.54, 1.807) is 0 Å². The number of esters is 1. The van der Waals surface area contributed by atoms with Crippen LogP contribution >= 0.6 is 0 Å². The molecule has 0 radical (unpaired) electrons. The van der Waals surface area contributed by atoms with Gasteiger partial charge in [0.1, 0.15) is 6.10 Å². The number of unbranched alkanes of at least 4 members (excludes halogenated alkanes) is 26. The number of carbonyl (C=O) groups is 2. The highest BCUT2D eigenvalue weighted by atomic mass is 16.5. The lowest BCUT2D eigenvalue weighted by Crippen LogP contribution is -2.46. The number of allylic oxidation sites excluding steroid dienone is 8. The van der Waals surface area contributed by atoms with Crippen LogP contribution in [0.5, 0.6) is 0 Å². The Labute approximate surface area is 372 Å². The van der Waals surface area contributed by atoms with E-state index in [9.17, 15) is 19.8 Å². The Kier molecular flexibility index (Phi) is 46.1. The fourth-order valence-electron chi connectivity index (χ4n) is 7.73. The SMILES string of the molecule is CC/C=C/C/C=C/C/C=C/CCCCCCC(=O)OC(CCCCCCC/C=C/CCCCCCCC)CC(=O)NC(CO)C(O)CCCCCCCCCCCCCC. The molecule has 0 saturated heterocycles. The molecule has 0 aliphatic rings. The fourth-order valence-corrected chi connectivity index (χ4v) is 7.73. The molecule has 3 N–H and O–H groups in total. The highest BCUT2D eigenvalue weighted by Crippen LogP contribution is 2.18. The molecule has 6 nitrogen and oxygen atoms in total. The molecular formula is C54H99NO5. The Morgan fingerprint density at radius 3 is 1.38 bits per heavy atom. The molecule has 60 heavy (non-hydrogen) atoms. The predicted molar refractivity (Wildman–Crippen MR) is 259 cm³/mol. The van der Waals surface area contributed by atoms with Crippen LogP contribution in [0.15, 0.2) is 48.6 Å². The van der Waals surface area contributed by atoms with E-state index in [2.05, 4.69) is 74.7 Å². The van der Waals surface area contributed by atoms with Crippen LogP contribution in [0.25, 0.3) is 0 Å². The van der Waals surface area contributed by atoms with E-state index >= 15 is 0 Å². The first-order valence-corrected chi connectivity index (χ1v) is 25.9. The van der Waals surface area contributed by atoms with E-state index in [1.807, 2.05) is 0 Å². The first kappa shape index (κ1) is 57.8. The second-order valence-corrected chi connectivity index (χ2v) is 17.5. The van der Waals surface area contributed by atoms with E-state index in [0.29, 0.717) is 19.3 Å². The minimum absolute atomic E-state index is 0.0634. The van der Waals surface area contributed by atoms with Crippen LogP contribution in [0, 0.1) is 0 Å². The molecule has 3 unspecified atom stereocenters. The van der Waals surface area contributed by atoms with Crippen LogP contribution in [0.3, 0.4) is 0 Å². The molecule has 0 rings (SSSR count). The summed E-state index contributed by atoms with van der Waals surface area (Å²) >= 11 is 0. The first-order chi connectivity index (χ1) is 29.5. The summed E-state index contributed by atoms with van der Waals surface area (Å²) in [5.74, 6) is -0.503. The van der Waals surface area contributed by atoms with E-state index in [-0.39, 0.29) is 24.9 Å². The van der Waals surface area contributed by atoms with Crippen molar-refractivity contribution in [3.8, 4) is 0 Å². The average Bonchev–Trinajstić information content (AvgIpc) is 3.24.